The van der Waals surface area contributed by atoms with Crippen LogP contribution in [0.1, 0.15) is 47.3 Å². The Balaban J connectivity index is 1.58. The van der Waals surface area contributed by atoms with Gasteiger partial charge in [-0.05, 0) is 55.4 Å². The van der Waals surface area contributed by atoms with Crippen molar-refractivity contribution in [3.63, 3.8) is 0 Å². The number of primary amides is 1. The van der Waals surface area contributed by atoms with Crippen LogP contribution < -0.4 is 22.1 Å². The van der Waals surface area contributed by atoms with Crippen molar-refractivity contribution in [2.24, 2.45) is 11.5 Å². The summed E-state index contributed by atoms with van der Waals surface area (Å²) in [6, 6.07) is 3.87. The van der Waals surface area contributed by atoms with Crippen LogP contribution in [0, 0.1) is 0 Å². The molecule has 6 N–H and O–H groups in total. The largest absolute Gasteiger partial charge is 0.364 e. The molecule has 1 heterocycles. The van der Waals surface area contributed by atoms with E-state index in [1.54, 1.807) is 0 Å². The van der Waals surface area contributed by atoms with Crippen LogP contribution >= 0.6 is 0 Å². The van der Waals surface area contributed by atoms with Gasteiger partial charge in [0.2, 0.25) is 5.95 Å². The minimum Gasteiger partial charge on any atom is -0.364 e. The van der Waals surface area contributed by atoms with Crippen molar-refractivity contribution in [3.8, 4) is 0 Å². The number of anilines is 3. The van der Waals surface area contributed by atoms with Gasteiger partial charge in [0.1, 0.15) is 0 Å². The van der Waals surface area contributed by atoms with E-state index in [1.165, 1.54) is 11.1 Å². The molecular formula is C19H23F2N7O. The maximum atomic E-state index is 13.9. The molecule has 2 atom stereocenters. The molecule has 1 aromatic carbocycles. The third-order valence-corrected chi connectivity index (χ3v) is 5.54. The van der Waals surface area contributed by atoms with Gasteiger partial charge in [-0.2, -0.15) is 4.98 Å². The number of benzene rings is 1. The maximum absolute atomic E-state index is 13.9. The number of rotatable bonds is 5. The van der Waals surface area contributed by atoms with Crippen LogP contribution in [0.3, 0.4) is 0 Å². The fraction of sp³-hybridized carbons (Fsp3) is 0.474. The number of carbonyl (C=O) groups excluding carboxylic acids is 1. The van der Waals surface area contributed by atoms with E-state index >= 15 is 0 Å². The summed E-state index contributed by atoms with van der Waals surface area (Å²) in [6.07, 6.45) is 3.72. The zero-order valence-electron chi connectivity index (χ0n) is 15.8. The summed E-state index contributed by atoms with van der Waals surface area (Å²) in [5, 5.41) is 13.5. The van der Waals surface area contributed by atoms with Crippen molar-refractivity contribution >= 4 is 23.4 Å². The Morgan fingerprint density at radius 3 is 2.76 bits per heavy atom. The zero-order valence-corrected chi connectivity index (χ0v) is 15.8. The fourth-order valence-electron chi connectivity index (χ4n) is 3.95. The fourth-order valence-corrected chi connectivity index (χ4v) is 3.95. The molecule has 2 aliphatic carbocycles. The van der Waals surface area contributed by atoms with E-state index in [9.17, 15) is 13.6 Å². The number of nitrogens with one attached hydrogen (secondary N) is 2. The van der Waals surface area contributed by atoms with Gasteiger partial charge >= 0.3 is 0 Å². The lowest BCUT2D eigenvalue weighted by Gasteiger charge is -2.35. The van der Waals surface area contributed by atoms with E-state index < -0.39 is 23.9 Å². The van der Waals surface area contributed by atoms with E-state index in [-0.39, 0.29) is 23.9 Å². The molecule has 2 aromatic rings. The summed E-state index contributed by atoms with van der Waals surface area (Å²) < 4.78 is 27.8. The van der Waals surface area contributed by atoms with Crippen LogP contribution in [0.2, 0.25) is 0 Å². The van der Waals surface area contributed by atoms with Gasteiger partial charge < -0.3 is 22.1 Å². The number of nitrogens with zero attached hydrogens (tertiary/aromatic N) is 3. The molecule has 0 bridgehead atoms. The van der Waals surface area contributed by atoms with Gasteiger partial charge in [-0.15, -0.1) is 10.2 Å². The highest BCUT2D eigenvalue weighted by atomic mass is 19.3. The van der Waals surface area contributed by atoms with E-state index in [4.69, 9.17) is 11.5 Å². The first kappa shape index (κ1) is 19.4. The number of halogens is 2. The summed E-state index contributed by atoms with van der Waals surface area (Å²) in [4.78, 5) is 16.0. The van der Waals surface area contributed by atoms with Gasteiger partial charge in [0, 0.05) is 12.1 Å². The number of nitrogens with two attached hydrogens (primary N) is 2. The number of alkyl halides is 2. The summed E-state index contributed by atoms with van der Waals surface area (Å²) in [5.74, 6) is -3.62. The molecular weight excluding hydrogens is 380 g/mol. The molecule has 1 fully saturated rings. The molecule has 2 aliphatic rings. The summed E-state index contributed by atoms with van der Waals surface area (Å²) in [6.45, 7) is 0. The van der Waals surface area contributed by atoms with E-state index in [0.717, 1.165) is 24.9 Å². The third-order valence-electron chi connectivity index (χ3n) is 5.54. The molecule has 0 unspecified atom stereocenters. The SMILES string of the molecule is NC(=O)c1nnc(N[C@@H]2CCCC(F)(F)[C@@H]2N)nc1Nc1ccc2c(c1)CCC2. The highest BCUT2D eigenvalue weighted by molar-refractivity contribution is 5.96. The monoisotopic (exact) mass is 403 g/mol. The summed E-state index contributed by atoms with van der Waals surface area (Å²) >= 11 is 0. The number of aromatic nitrogens is 3. The van der Waals surface area contributed by atoms with Gasteiger partial charge in [-0.1, -0.05) is 6.07 Å². The minimum absolute atomic E-state index is 0.0109. The van der Waals surface area contributed by atoms with Crippen molar-refractivity contribution < 1.29 is 13.6 Å². The first-order valence-corrected chi connectivity index (χ1v) is 9.67. The summed E-state index contributed by atoms with van der Waals surface area (Å²) in [7, 11) is 0. The Hall–Kier alpha value is -2.88. The predicted molar refractivity (Wildman–Crippen MR) is 104 cm³/mol. The lowest BCUT2D eigenvalue weighted by atomic mass is 9.87. The van der Waals surface area contributed by atoms with Crippen LogP contribution in [0.5, 0.6) is 0 Å². The Morgan fingerprint density at radius 1 is 1.17 bits per heavy atom. The van der Waals surface area contributed by atoms with E-state index in [0.29, 0.717) is 12.8 Å². The lowest BCUT2D eigenvalue weighted by molar-refractivity contribution is -0.0555. The molecule has 10 heteroatoms. The number of aryl methyl sites for hydroxylation is 2. The van der Waals surface area contributed by atoms with Crippen molar-refractivity contribution in [2.45, 2.75) is 56.5 Å². The Bertz CT molecular complexity index is 937. The predicted octanol–water partition coefficient (Wildman–Crippen LogP) is 2.13. The van der Waals surface area contributed by atoms with Crippen LogP contribution in [0.25, 0.3) is 0 Å². The first-order valence-electron chi connectivity index (χ1n) is 9.67. The normalized spacial score (nSPS) is 22.7. The smallest absolute Gasteiger partial charge is 0.273 e. The van der Waals surface area contributed by atoms with Gasteiger partial charge in [0.25, 0.3) is 11.8 Å². The first-order chi connectivity index (χ1) is 13.8. The molecule has 1 aromatic heterocycles. The Labute approximate surface area is 166 Å². The van der Waals surface area contributed by atoms with Crippen LogP contribution in [-0.2, 0) is 12.8 Å². The molecule has 4 rings (SSSR count). The van der Waals surface area contributed by atoms with Crippen LogP contribution in [-0.4, -0.2) is 39.1 Å². The highest BCUT2D eigenvalue weighted by Gasteiger charge is 2.45. The highest BCUT2D eigenvalue weighted by Crippen LogP contribution is 2.33. The molecule has 0 spiro atoms. The standard InChI is InChI=1S/C19H23F2N7O/c20-19(21)8-2-5-13(15(19)22)25-18-26-17(14(16(23)29)27-28-18)24-12-7-6-10-3-1-4-11(10)9-12/h6-7,9,13,15H,1-5,8,22H2,(H2,23,29)(H2,24,25,26,28)/t13-,15-/m1/s1. The van der Waals surface area contributed by atoms with Crippen LogP contribution in [0.4, 0.5) is 26.2 Å². The van der Waals surface area contributed by atoms with Gasteiger partial charge in [-0.25, -0.2) is 8.78 Å². The van der Waals surface area contributed by atoms with Crippen molar-refractivity contribution in [1.29, 1.82) is 0 Å². The molecule has 29 heavy (non-hydrogen) atoms. The number of hydrogen-bond acceptors (Lipinski definition) is 7. The molecule has 0 aliphatic heterocycles. The van der Waals surface area contributed by atoms with Gasteiger partial charge in [0.05, 0.1) is 12.1 Å². The topological polar surface area (TPSA) is 132 Å². The Kier molecular flexibility index (Phi) is 5.03. The summed E-state index contributed by atoms with van der Waals surface area (Å²) in [5.41, 5.74) is 14.3. The zero-order chi connectivity index (χ0) is 20.6. The number of hydrogen-bond donors (Lipinski definition) is 4. The molecule has 1 saturated carbocycles. The second-order valence-electron chi connectivity index (χ2n) is 7.59. The molecule has 154 valence electrons. The molecule has 8 nitrogen and oxygen atoms in total. The third kappa shape index (κ3) is 3.98. The average Bonchev–Trinajstić information content (AvgIpc) is 3.13. The maximum Gasteiger partial charge on any atom is 0.273 e. The van der Waals surface area contributed by atoms with Gasteiger partial charge in [-0.3, -0.25) is 4.79 Å². The molecule has 0 radical (unpaired) electrons. The number of carbonyl (C=O) groups is 1. The van der Waals surface area contributed by atoms with Crippen molar-refractivity contribution in [3.05, 3.63) is 35.0 Å². The minimum atomic E-state index is -2.96. The van der Waals surface area contributed by atoms with Crippen molar-refractivity contribution in [1.82, 2.24) is 15.2 Å². The quantitative estimate of drug-likeness (QED) is 0.601. The molecule has 0 saturated heterocycles. The molecule has 1 amide bonds. The Morgan fingerprint density at radius 2 is 1.97 bits per heavy atom. The number of amides is 1. The van der Waals surface area contributed by atoms with Crippen molar-refractivity contribution in [2.75, 3.05) is 10.6 Å². The van der Waals surface area contributed by atoms with E-state index in [2.05, 4.69) is 25.8 Å². The second kappa shape index (κ2) is 7.51. The number of fused-ring (bicyclic) bond motifs is 1. The average molecular weight is 403 g/mol. The lowest BCUT2D eigenvalue weighted by Crippen LogP contribution is -2.55. The van der Waals surface area contributed by atoms with E-state index in [1.807, 2.05) is 18.2 Å². The van der Waals surface area contributed by atoms with Crippen LogP contribution in [0.15, 0.2) is 18.2 Å². The second-order valence-corrected chi connectivity index (χ2v) is 7.59. The van der Waals surface area contributed by atoms with Gasteiger partial charge in [0.15, 0.2) is 11.5 Å².